The van der Waals surface area contributed by atoms with Crippen molar-refractivity contribution in [3.8, 4) is 0 Å². The van der Waals surface area contributed by atoms with Crippen LogP contribution in [0.3, 0.4) is 0 Å². The predicted octanol–water partition coefficient (Wildman–Crippen LogP) is -0.893. The minimum Gasteiger partial charge on any atom is -0.480 e. The van der Waals surface area contributed by atoms with Gasteiger partial charge < -0.3 is 15.7 Å². The number of carbonyl (C=O) groups excluding carboxylic acids is 1. The minimum atomic E-state index is -3.29. The highest BCUT2D eigenvalue weighted by molar-refractivity contribution is 7.90. The molecule has 0 saturated heterocycles. The van der Waals surface area contributed by atoms with Crippen LogP contribution in [-0.4, -0.2) is 53.4 Å². The number of rotatable bonds is 7. The van der Waals surface area contributed by atoms with Crippen molar-refractivity contribution in [3.63, 3.8) is 0 Å². The third-order valence-electron chi connectivity index (χ3n) is 2.58. The normalized spacial score (nSPS) is 12.7. The van der Waals surface area contributed by atoms with E-state index in [0.29, 0.717) is 5.69 Å². The van der Waals surface area contributed by atoms with E-state index >= 15 is 0 Å². The SMILES string of the molecule is Cn1ccc(CNC(=O)NC(CCS(C)(=O)=O)C(=O)O)n1. The largest absolute Gasteiger partial charge is 0.480 e. The molecule has 0 aliphatic heterocycles. The van der Waals surface area contributed by atoms with Crippen LogP contribution in [0.15, 0.2) is 12.3 Å². The standard InChI is InChI=1S/C11H18N4O5S/c1-15-5-3-8(14-15)7-12-11(18)13-9(10(16)17)4-6-21(2,19)20/h3,5,9H,4,6-7H2,1-2H3,(H,16,17)(H2,12,13,18). The topological polar surface area (TPSA) is 130 Å². The first-order chi connectivity index (χ1) is 9.67. The first-order valence-electron chi connectivity index (χ1n) is 6.11. The fourth-order valence-corrected chi connectivity index (χ4v) is 2.19. The van der Waals surface area contributed by atoms with Crippen LogP contribution in [0.4, 0.5) is 4.79 Å². The van der Waals surface area contributed by atoms with Crippen LogP contribution in [0.5, 0.6) is 0 Å². The monoisotopic (exact) mass is 318 g/mol. The Morgan fingerprint density at radius 3 is 2.62 bits per heavy atom. The summed E-state index contributed by atoms with van der Waals surface area (Å²) in [6.45, 7) is 0.144. The summed E-state index contributed by atoms with van der Waals surface area (Å²) in [6, 6.07) is -0.247. The van der Waals surface area contributed by atoms with Gasteiger partial charge in [-0.25, -0.2) is 18.0 Å². The first-order valence-corrected chi connectivity index (χ1v) is 8.17. The van der Waals surface area contributed by atoms with Gasteiger partial charge in [0.05, 0.1) is 18.0 Å². The van der Waals surface area contributed by atoms with Crippen molar-refractivity contribution in [2.75, 3.05) is 12.0 Å². The van der Waals surface area contributed by atoms with Crippen molar-refractivity contribution in [2.45, 2.75) is 19.0 Å². The van der Waals surface area contributed by atoms with Gasteiger partial charge >= 0.3 is 12.0 Å². The number of carboxylic acids is 1. The zero-order valence-electron chi connectivity index (χ0n) is 11.7. The second-order valence-electron chi connectivity index (χ2n) is 4.62. The summed E-state index contributed by atoms with van der Waals surface area (Å²) >= 11 is 0. The summed E-state index contributed by atoms with van der Waals surface area (Å²) in [5.74, 6) is -1.60. The Morgan fingerprint density at radius 2 is 2.14 bits per heavy atom. The first kappa shape index (κ1) is 17.0. The molecule has 0 saturated carbocycles. The maximum atomic E-state index is 11.6. The second kappa shape index (κ2) is 7.07. The number of carbonyl (C=O) groups is 2. The fourth-order valence-electron chi connectivity index (χ4n) is 1.53. The van der Waals surface area contributed by atoms with E-state index in [9.17, 15) is 18.0 Å². The lowest BCUT2D eigenvalue weighted by molar-refractivity contribution is -0.139. The Morgan fingerprint density at radius 1 is 1.48 bits per heavy atom. The number of sulfone groups is 1. The third kappa shape index (κ3) is 6.75. The van der Waals surface area contributed by atoms with Crippen LogP contribution in [0, 0.1) is 0 Å². The zero-order chi connectivity index (χ0) is 16.0. The van der Waals surface area contributed by atoms with E-state index in [0.717, 1.165) is 6.26 Å². The van der Waals surface area contributed by atoms with Gasteiger partial charge in [-0.05, 0) is 12.5 Å². The summed E-state index contributed by atoms with van der Waals surface area (Å²) in [7, 11) is -1.56. The molecule has 0 aromatic carbocycles. The highest BCUT2D eigenvalue weighted by atomic mass is 32.2. The molecule has 1 aromatic heterocycles. The Balaban J connectivity index is 2.47. The molecule has 21 heavy (non-hydrogen) atoms. The molecule has 0 radical (unpaired) electrons. The molecule has 0 fully saturated rings. The van der Waals surface area contributed by atoms with E-state index in [1.54, 1.807) is 24.0 Å². The number of amides is 2. The molecule has 118 valence electrons. The summed E-state index contributed by atoms with van der Waals surface area (Å²) in [6.07, 6.45) is 2.53. The Labute approximate surface area is 122 Å². The third-order valence-corrected chi connectivity index (χ3v) is 3.56. The molecule has 0 bridgehead atoms. The molecule has 1 heterocycles. The number of nitrogens with one attached hydrogen (secondary N) is 2. The second-order valence-corrected chi connectivity index (χ2v) is 6.88. The van der Waals surface area contributed by atoms with Gasteiger partial charge in [-0.1, -0.05) is 0 Å². The van der Waals surface area contributed by atoms with Crippen LogP contribution in [0.2, 0.25) is 0 Å². The number of aliphatic carboxylic acids is 1. The summed E-state index contributed by atoms with van der Waals surface area (Å²) in [4.78, 5) is 22.6. The van der Waals surface area contributed by atoms with E-state index in [1.807, 2.05) is 0 Å². The molecular formula is C11H18N4O5S. The number of urea groups is 1. The number of hydrogen-bond donors (Lipinski definition) is 3. The van der Waals surface area contributed by atoms with Crippen LogP contribution < -0.4 is 10.6 Å². The molecule has 0 spiro atoms. The average Bonchev–Trinajstić information content (AvgIpc) is 2.76. The number of aryl methyl sites for hydroxylation is 1. The predicted molar refractivity (Wildman–Crippen MR) is 74.3 cm³/mol. The number of hydrogen-bond acceptors (Lipinski definition) is 5. The lowest BCUT2D eigenvalue weighted by atomic mass is 10.2. The maximum absolute atomic E-state index is 11.6. The van der Waals surface area contributed by atoms with E-state index < -0.39 is 27.9 Å². The molecule has 10 heteroatoms. The summed E-state index contributed by atoms with van der Waals surface area (Å²) < 4.78 is 23.6. The van der Waals surface area contributed by atoms with Gasteiger partial charge in [0.15, 0.2) is 0 Å². The van der Waals surface area contributed by atoms with E-state index in [2.05, 4.69) is 15.7 Å². The van der Waals surface area contributed by atoms with Crippen LogP contribution >= 0.6 is 0 Å². The molecule has 1 unspecified atom stereocenters. The highest BCUT2D eigenvalue weighted by Crippen LogP contribution is 1.98. The van der Waals surface area contributed by atoms with Crippen molar-refractivity contribution in [1.29, 1.82) is 0 Å². The van der Waals surface area contributed by atoms with Crippen molar-refractivity contribution in [3.05, 3.63) is 18.0 Å². The van der Waals surface area contributed by atoms with E-state index in [4.69, 9.17) is 5.11 Å². The Hall–Kier alpha value is -2.10. The van der Waals surface area contributed by atoms with Crippen LogP contribution in [-0.2, 0) is 28.2 Å². The van der Waals surface area contributed by atoms with Crippen molar-refractivity contribution in [2.24, 2.45) is 7.05 Å². The number of nitrogens with zero attached hydrogens (tertiary/aromatic N) is 2. The highest BCUT2D eigenvalue weighted by Gasteiger charge is 2.21. The van der Waals surface area contributed by atoms with Gasteiger partial charge in [-0.15, -0.1) is 0 Å². The Bertz CT molecular complexity index is 610. The molecule has 1 atom stereocenters. The quantitative estimate of drug-likeness (QED) is 0.597. The molecule has 0 aliphatic carbocycles. The lowest BCUT2D eigenvalue weighted by Gasteiger charge is -2.14. The van der Waals surface area contributed by atoms with E-state index in [-0.39, 0.29) is 18.7 Å². The molecule has 1 aromatic rings. The molecule has 9 nitrogen and oxygen atoms in total. The maximum Gasteiger partial charge on any atom is 0.326 e. The van der Waals surface area contributed by atoms with Gasteiger partial charge in [0.1, 0.15) is 15.9 Å². The van der Waals surface area contributed by atoms with Gasteiger partial charge in [-0.2, -0.15) is 5.10 Å². The smallest absolute Gasteiger partial charge is 0.326 e. The van der Waals surface area contributed by atoms with Crippen molar-refractivity contribution >= 4 is 21.8 Å². The molecule has 2 amide bonds. The lowest BCUT2D eigenvalue weighted by Crippen LogP contribution is -2.46. The van der Waals surface area contributed by atoms with Crippen molar-refractivity contribution in [1.82, 2.24) is 20.4 Å². The fraction of sp³-hybridized carbons (Fsp3) is 0.545. The summed E-state index contributed by atoms with van der Waals surface area (Å²) in [5.41, 5.74) is 0.621. The molecule has 1 rings (SSSR count). The van der Waals surface area contributed by atoms with Gasteiger partial charge in [0.25, 0.3) is 0 Å². The number of aromatic nitrogens is 2. The number of carboxylic acid groups (broad SMARTS) is 1. The van der Waals surface area contributed by atoms with Gasteiger partial charge in [0.2, 0.25) is 0 Å². The molecular weight excluding hydrogens is 300 g/mol. The van der Waals surface area contributed by atoms with Crippen LogP contribution in [0.25, 0.3) is 0 Å². The summed E-state index contributed by atoms with van der Waals surface area (Å²) in [5, 5.41) is 17.7. The van der Waals surface area contributed by atoms with Gasteiger partial charge in [-0.3, -0.25) is 4.68 Å². The van der Waals surface area contributed by atoms with Crippen molar-refractivity contribution < 1.29 is 23.1 Å². The molecule has 0 aliphatic rings. The molecule has 3 N–H and O–H groups in total. The Kier molecular flexibility index (Phi) is 5.70. The van der Waals surface area contributed by atoms with E-state index in [1.165, 1.54) is 0 Å². The zero-order valence-corrected chi connectivity index (χ0v) is 12.6. The van der Waals surface area contributed by atoms with Crippen LogP contribution in [0.1, 0.15) is 12.1 Å². The minimum absolute atomic E-state index is 0.144. The van der Waals surface area contributed by atoms with Gasteiger partial charge in [0, 0.05) is 19.5 Å². The average molecular weight is 318 g/mol.